The molecule has 1 fully saturated rings. The van der Waals surface area contributed by atoms with Gasteiger partial charge in [0.05, 0.1) is 11.2 Å². The van der Waals surface area contributed by atoms with Crippen LogP contribution in [0.4, 0.5) is 10.7 Å². The number of nitrogens with zero attached hydrogens (tertiary/aromatic N) is 4. The lowest BCUT2D eigenvalue weighted by Gasteiger charge is -2.33. The lowest BCUT2D eigenvalue weighted by atomic mass is 9.97. The molecule has 2 aliphatic rings. The molecular weight excluding hydrogens is 414 g/mol. The van der Waals surface area contributed by atoms with E-state index in [9.17, 15) is 4.79 Å². The molecule has 0 unspecified atom stereocenters. The number of carbonyl (C=O) groups is 1. The predicted molar refractivity (Wildman–Crippen MR) is 130 cm³/mol. The van der Waals surface area contributed by atoms with Crippen LogP contribution in [0.25, 0.3) is 22.2 Å². The third kappa shape index (κ3) is 4.68. The molecule has 5 rings (SSSR count). The van der Waals surface area contributed by atoms with Crippen molar-refractivity contribution in [1.82, 2.24) is 19.4 Å². The number of aryl methyl sites for hydroxylation is 2. The maximum Gasteiger partial charge on any atom is 0.410 e. The van der Waals surface area contributed by atoms with Crippen molar-refractivity contribution in [2.75, 3.05) is 25.0 Å². The second-order valence-electron chi connectivity index (χ2n) is 10.2. The summed E-state index contributed by atoms with van der Waals surface area (Å²) >= 11 is 0. The molecule has 0 aliphatic carbocycles. The van der Waals surface area contributed by atoms with E-state index in [0.717, 1.165) is 51.1 Å². The summed E-state index contributed by atoms with van der Waals surface area (Å²) in [7, 11) is 0. The summed E-state index contributed by atoms with van der Waals surface area (Å²) < 4.78 is 7.87. The summed E-state index contributed by atoms with van der Waals surface area (Å²) in [5, 5.41) is 4.71. The van der Waals surface area contributed by atoms with Crippen LogP contribution in [0.5, 0.6) is 0 Å². The molecule has 0 radical (unpaired) electrons. The Morgan fingerprint density at radius 1 is 1.18 bits per heavy atom. The molecule has 2 aromatic heterocycles. The van der Waals surface area contributed by atoms with Crippen molar-refractivity contribution >= 4 is 22.9 Å². The summed E-state index contributed by atoms with van der Waals surface area (Å²) in [6, 6.07) is 8.58. The SMILES string of the molecule is CC(C)(C)OC(=O)N1CCC(CNc2nccc(-c3cn4c5c(cccc35)CCC4)n2)CC1. The van der Waals surface area contributed by atoms with Gasteiger partial charge >= 0.3 is 6.09 Å². The van der Waals surface area contributed by atoms with Gasteiger partial charge < -0.3 is 19.5 Å². The summed E-state index contributed by atoms with van der Waals surface area (Å²) in [5.74, 6) is 1.14. The van der Waals surface area contributed by atoms with Crippen LogP contribution in [0.15, 0.2) is 36.7 Å². The van der Waals surface area contributed by atoms with Gasteiger partial charge in [0.2, 0.25) is 5.95 Å². The van der Waals surface area contributed by atoms with E-state index in [4.69, 9.17) is 9.72 Å². The van der Waals surface area contributed by atoms with Gasteiger partial charge in [-0.25, -0.2) is 14.8 Å². The van der Waals surface area contributed by atoms with E-state index in [-0.39, 0.29) is 6.09 Å². The molecule has 4 heterocycles. The minimum Gasteiger partial charge on any atom is -0.444 e. The van der Waals surface area contributed by atoms with Gasteiger partial charge in [-0.15, -0.1) is 0 Å². The zero-order chi connectivity index (χ0) is 23.0. The van der Waals surface area contributed by atoms with Crippen molar-refractivity contribution in [3.63, 3.8) is 0 Å². The van der Waals surface area contributed by atoms with Crippen LogP contribution in [0.1, 0.15) is 45.6 Å². The van der Waals surface area contributed by atoms with E-state index in [1.165, 1.54) is 28.5 Å². The molecule has 0 saturated carbocycles. The average molecular weight is 448 g/mol. The van der Waals surface area contributed by atoms with E-state index in [1.807, 2.05) is 37.9 Å². The van der Waals surface area contributed by atoms with Crippen molar-refractivity contribution in [1.29, 1.82) is 0 Å². The van der Waals surface area contributed by atoms with Crippen LogP contribution >= 0.6 is 0 Å². The van der Waals surface area contributed by atoms with Crippen LogP contribution < -0.4 is 5.32 Å². The fourth-order valence-corrected chi connectivity index (χ4v) is 4.94. The van der Waals surface area contributed by atoms with Gasteiger partial charge in [-0.3, -0.25) is 0 Å². The van der Waals surface area contributed by atoms with Crippen molar-refractivity contribution in [3.05, 3.63) is 42.2 Å². The minimum absolute atomic E-state index is 0.212. The number of likely N-dealkylation sites (tertiary alicyclic amines) is 1. The zero-order valence-electron chi connectivity index (χ0n) is 19.8. The highest BCUT2D eigenvalue weighted by molar-refractivity contribution is 5.97. The van der Waals surface area contributed by atoms with Gasteiger partial charge in [0, 0.05) is 49.5 Å². The van der Waals surface area contributed by atoms with Crippen molar-refractivity contribution in [2.24, 2.45) is 5.92 Å². The molecule has 1 saturated heterocycles. The van der Waals surface area contributed by atoms with E-state index in [2.05, 4.69) is 39.3 Å². The number of para-hydroxylation sites is 1. The van der Waals surface area contributed by atoms with Gasteiger partial charge in [0.1, 0.15) is 5.60 Å². The molecule has 0 bridgehead atoms. The zero-order valence-corrected chi connectivity index (χ0v) is 19.8. The molecule has 174 valence electrons. The number of ether oxygens (including phenoxy) is 1. The standard InChI is InChI=1S/C26H33N5O2/c1-26(2,3)33-25(32)30-14-10-18(11-15-30)16-28-24-27-12-9-22(29-24)21-17-31-13-5-7-19-6-4-8-20(21)23(19)31/h4,6,8-9,12,17-18H,5,7,10-11,13-16H2,1-3H3,(H,27,28,29). The Balaban J connectivity index is 1.23. The quantitative estimate of drug-likeness (QED) is 0.602. The minimum atomic E-state index is -0.455. The van der Waals surface area contributed by atoms with Crippen LogP contribution in [-0.2, 0) is 17.7 Å². The molecular formula is C26H33N5O2. The Labute approximate surface area is 195 Å². The Bertz CT molecular complexity index is 1160. The highest BCUT2D eigenvalue weighted by Gasteiger charge is 2.27. The number of amides is 1. The summed E-state index contributed by atoms with van der Waals surface area (Å²) in [6.45, 7) is 9.02. The Morgan fingerprint density at radius 3 is 2.79 bits per heavy atom. The molecule has 1 amide bonds. The van der Waals surface area contributed by atoms with Crippen molar-refractivity contribution in [2.45, 2.75) is 58.6 Å². The van der Waals surface area contributed by atoms with Gasteiger partial charge in [-0.2, -0.15) is 0 Å². The summed E-state index contributed by atoms with van der Waals surface area (Å²) in [4.78, 5) is 23.4. The highest BCUT2D eigenvalue weighted by Crippen LogP contribution is 2.34. The van der Waals surface area contributed by atoms with Crippen molar-refractivity contribution in [3.8, 4) is 11.3 Å². The number of carbonyl (C=O) groups excluding carboxylic acids is 1. The highest BCUT2D eigenvalue weighted by atomic mass is 16.6. The Kier molecular flexibility index (Phi) is 5.72. The lowest BCUT2D eigenvalue weighted by molar-refractivity contribution is 0.0188. The topological polar surface area (TPSA) is 72.3 Å². The van der Waals surface area contributed by atoms with Gasteiger partial charge in [-0.05, 0) is 64.0 Å². The molecule has 7 heteroatoms. The molecule has 2 aliphatic heterocycles. The molecule has 0 atom stereocenters. The number of nitrogens with one attached hydrogen (secondary N) is 1. The number of aromatic nitrogens is 3. The number of benzene rings is 1. The third-order valence-corrected chi connectivity index (χ3v) is 6.57. The van der Waals surface area contributed by atoms with E-state index in [1.54, 1.807) is 0 Å². The first-order valence-electron chi connectivity index (χ1n) is 12.0. The Morgan fingerprint density at radius 2 is 2.00 bits per heavy atom. The van der Waals surface area contributed by atoms with E-state index < -0.39 is 5.60 Å². The predicted octanol–water partition coefficient (Wildman–Crippen LogP) is 5.10. The number of piperidine rings is 1. The normalized spacial score (nSPS) is 16.8. The molecule has 7 nitrogen and oxygen atoms in total. The van der Waals surface area contributed by atoms with Crippen LogP contribution in [0.2, 0.25) is 0 Å². The smallest absolute Gasteiger partial charge is 0.410 e. The molecule has 3 aromatic rings. The fourth-order valence-electron chi connectivity index (χ4n) is 4.94. The van der Waals surface area contributed by atoms with E-state index >= 15 is 0 Å². The monoisotopic (exact) mass is 447 g/mol. The van der Waals surface area contributed by atoms with Crippen LogP contribution in [0.3, 0.4) is 0 Å². The third-order valence-electron chi connectivity index (χ3n) is 6.57. The maximum absolute atomic E-state index is 12.3. The van der Waals surface area contributed by atoms with E-state index in [0.29, 0.717) is 11.9 Å². The largest absolute Gasteiger partial charge is 0.444 e. The number of rotatable bonds is 4. The first-order chi connectivity index (χ1) is 15.9. The Hall–Kier alpha value is -3.09. The average Bonchev–Trinajstić information content (AvgIpc) is 3.18. The fraction of sp³-hybridized carbons (Fsp3) is 0.500. The lowest BCUT2D eigenvalue weighted by Crippen LogP contribution is -2.42. The second kappa shape index (κ2) is 8.69. The molecule has 0 spiro atoms. The number of hydrogen-bond acceptors (Lipinski definition) is 5. The van der Waals surface area contributed by atoms with Gasteiger partial charge in [-0.1, -0.05) is 18.2 Å². The first kappa shape index (κ1) is 21.7. The summed E-state index contributed by atoms with van der Waals surface area (Å²) in [6.07, 6.45) is 8.09. The molecule has 1 N–H and O–H groups in total. The first-order valence-corrected chi connectivity index (χ1v) is 12.0. The van der Waals surface area contributed by atoms with Crippen molar-refractivity contribution < 1.29 is 9.53 Å². The van der Waals surface area contributed by atoms with Crippen LogP contribution in [0, 0.1) is 5.92 Å². The second-order valence-corrected chi connectivity index (χ2v) is 10.2. The molecule has 33 heavy (non-hydrogen) atoms. The summed E-state index contributed by atoms with van der Waals surface area (Å²) in [5.41, 5.74) is 4.45. The number of anilines is 1. The van der Waals surface area contributed by atoms with Crippen LogP contribution in [-0.4, -0.2) is 50.8 Å². The molecule has 1 aromatic carbocycles. The number of hydrogen-bond donors (Lipinski definition) is 1. The van der Waals surface area contributed by atoms with Gasteiger partial charge in [0.25, 0.3) is 0 Å². The maximum atomic E-state index is 12.3. The van der Waals surface area contributed by atoms with Gasteiger partial charge in [0.15, 0.2) is 0 Å².